The minimum absolute atomic E-state index is 0.0153. The molecule has 2 fully saturated rings. The molecule has 2 aliphatic heterocycles. The predicted octanol–water partition coefficient (Wildman–Crippen LogP) is 1.42. The Kier molecular flexibility index (Phi) is 6.36. The van der Waals surface area contributed by atoms with E-state index in [4.69, 9.17) is 4.74 Å². The largest absolute Gasteiger partial charge is 0.394 e. The quantitative estimate of drug-likeness (QED) is 0.746. The fraction of sp³-hybridized carbons (Fsp3) is 0.360. The monoisotopic (exact) mass is 418 g/mol. The molecule has 4 rings (SSSR count). The minimum Gasteiger partial charge on any atom is -0.394 e. The van der Waals surface area contributed by atoms with Crippen LogP contribution in [0.2, 0.25) is 0 Å². The molecular weight excluding hydrogens is 392 g/mol. The number of ether oxygens (including phenoxy) is 1. The molecular formula is C25H26N2O4. The van der Waals surface area contributed by atoms with Crippen LogP contribution in [-0.2, 0) is 20.7 Å². The number of carbonyl (C=O) groups excluding carboxylic acids is 2. The highest BCUT2D eigenvalue weighted by atomic mass is 16.5. The van der Waals surface area contributed by atoms with Crippen LogP contribution in [0, 0.1) is 11.8 Å². The van der Waals surface area contributed by atoms with E-state index in [0.717, 1.165) is 11.1 Å². The lowest BCUT2D eigenvalue weighted by Gasteiger charge is -2.58. The Hall–Kier alpha value is -3.14. The molecule has 160 valence electrons. The van der Waals surface area contributed by atoms with Gasteiger partial charge in [0.15, 0.2) is 0 Å². The number of benzene rings is 2. The van der Waals surface area contributed by atoms with Crippen molar-refractivity contribution in [2.75, 3.05) is 33.4 Å². The van der Waals surface area contributed by atoms with Crippen molar-refractivity contribution < 1.29 is 19.4 Å². The molecule has 1 N–H and O–H groups in total. The first-order valence-corrected chi connectivity index (χ1v) is 10.4. The van der Waals surface area contributed by atoms with Crippen molar-refractivity contribution in [3.05, 3.63) is 71.3 Å². The minimum atomic E-state index is -0.257. The maximum absolute atomic E-state index is 12.6. The average Bonchev–Trinajstić information content (AvgIpc) is 2.77. The molecule has 2 aromatic carbocycles. The van der Waals surface area contributed by atoms with E-state index in [2.05, 4.69) is 24.0 Å². The second-order valence-electron chi connectivity index (χ2n) is 7.94. The van der Waals surface area contributed by atoms with E-state index in [1.165, 1.54) is 12.7 Å². The zero-order chi connectivity index (χ0) is 21.8. The van der Waals surface area contributed by atoms with Crippen LogP contribution in [0.4, 0.5) is 0 Å². The summed E-state index contributed by atoms with van der Waals surface area (Å²) in [5, 5.41) is 9.90. The maximum Gasteiger partial charge on any atom is 0.249 e. The van der Waals surface area contributed by atoms with Gasteiger partial charge in [0.1, 0.15) is 6.61 Å². The number of hydrogen-bond donors (Lipinski definition) is 1. The van der Waals surface area contributed by atoms with E-state index in [1.807, 2.05) is 42.5 Å². The molecule has 2 aliphatic rings. The molecule has 3 atom stereocenters. The second kappa shape index (κ2) is 9.34. The summed E-state index contributed by atoms with van der Waals surface area (Å²) in [7, 11) is 1.47. The number of methoxy groups -OCH3 is 1. The highest BCUT2D eigenvalue weighted by molar-refractivity contribution is 5.88. The highest BCUT2D eigenvalue weighted by Gasteiger charge is 2.54. The molecule has 31 heavy (non-hydrogen) atoms. The topological polar surface area (TPSA) is 70.1 Å². The third-order valence-electron chi connectivity index (χ3n) is 6.04. The average molecular weight is 418 g/mol. The van der Waals surface area contributed by atoms with Gasteiger partial charge in [-0.1, -0.05) is 54.3 Å². The van der Waals surface area contributed by atoms with E-state index in [-0.39, 0.29) is 49.6 Å². The molecule has 6 heteroatoms. The van der Waals surface area contributed by atoms with E-state index >= 15 is 0 Å². The van der Waals surface area contributed by atoms with Gasteiger partial charge in [0.2, 0.25) is 11.8 Å². The van der Waals surface area contributed by atoms with E-state index in [0.29, 0.717) is 13.0 Å². The normalized spacial score (nSPS) is 22.3. The van der Waals surface area contributed by atoms with E-state index in [1.54, 1.807) is 9.80 Å². The van der Waals surface area contributed by atoms with Crippen molar-refractivity contribution in [1.29, 1.82) is 0 Å². The maximum atomic E-state index is 12.6. The van der Waals surface area contributed by atoms with Crippen molar-refractivity contribution in [2.24, 2.45) is 0 Å². The molecule has 0 radical (unpaired) electrons. The molecule has 0 bridgehead atoms. The smallest absolute Gasteiger partial charge is 0.249 e. The SMILES string of the molecule is COCC(=O)N1CC(=O)N2[C@@H](CO)[C@@H](c3ccc(C#CCc4ccccc4)cc3)[C@@H]2C1. The van der Waals surface area contributed by atoms with Gasteiger partial charge in [-0.3, -0.25) is 9.59 Å². The number of carbonyl (C=O) groups is 2. The molecule has 2 amide bonds. The Morgan fingerprint density at radius 1 is 1.16 bits per heavy atom. The van der Waals surface area contributed by atoms with E-state index in [9.17, 15) is 14.7 Å². The molecule has 0 aliphatic carbocycles. The van der Waals surface area contributed by atoms with Gasteiger partial charge in [-0.2, -0.15) is 0 Å². The van der Waals surface area contributed by atoms with Crippen molar-refractivity contribution in [2.45, 2.75) is 24.4 Å². The van der Waals surface area contributed by atoms with Gasteiger partial charge in [0, 0.05) is 31.6 Å². The van der Waals surface area contributed by atoms with Crippen molar-refractivity contribution in [3.63, 3.8) is 0 Å². The molecule has 2 saturated heterocycles. The van der Waals surface area contributed by atoms with Crippen LogP contribution in [-0.4, -0.2) is 72.2 Å². The Morgan fingerprint density at radius 3 is 2.58 bits per heavy atom. The van der Waals surface area contributed by atoms with Crippen molar-refractivity contribution in [1.82, 2.24) is 9.80 Å². The van der Waals surface area contributed by atoms with E-state index < -0.39 is 0 Å². The Morgan fingerprint density at radius 2 is 1.90 bits per heavy atom. The fourth-order valence-electron chi connectivity index (χ4n) is 4.54. The zero-order valence-electron chi connectivity index (χ0n) is 17.5. The Balaban J connectivity index is 1.46. The van der Waals surface area contributed by atoms with Gasteiger partial charge < -0.3 is 19.6 Å². The van der Waals surface area contributed by atoms with Gasteiger partial charge in [0.05, 0.1) is 25.2 Å². The highest BCUT2D eigenvalue weighted by Crippen LogP contribution is 2.42. The number of piperazine rings is 1. The number of fused-ring (bicyclic) bond motifs is 1. The molecule has 0 saturated carbocycles. The molecule has 0 unspecified atom stereocenters. The lowest BCUT2D eigenvalue weighted by atomic mass is 9.73. The van der Waals surface area contributed by atoms with Gasteiger partial charge in [-0.05, 0) is 23.3 Å². The van der Waals surface area contributed by atoms with Crippen LogP contribution >= 0.6 is 0 Å². The lowest BCUT2D eigenvalue weighted by molar-refractivity contribution is -0.168. The first-order chi connectivity index (χ1) is 15.1. The van der Waals surface area contributed by atoms with Crippen molar-refractivity contribution in [3.8, 4) is 11.8 Å². The van der Waals surface area contributed by atoms with Gasteiger partial charge in [-0.25, -0.2) is 0 Å². The molecule has 0 spiro atoms. The molecule has 0 aromatic heterocycles. The van der Waals surface area contributed by atoms with Crippen LogP contribution < -0.4 is 0 Å². The Labute approximate surface area is 182 Å². The van der Waals surface area contributed by atoms with Crippen LogP contribution in [0.25, 0.3) is 0 Å². The third-order valence-corrected chi connectivity index (χ3v) is 6.04. The number of hydrogen-bond acceptors (Lipinski definition) is 4. The molecule has 2 aromatic rings. The Bertz CT molecular complexity index is 994. The summed E-state index contributed by atoms with van der Waals surface area (Å²) in [6, 6.07) is 17.7. The number of rotatable bonds is 5. The van der Waals surface area contributed by atoms with Crippen molar-refractivity contribution >= 4 is 11.8 Å². The third kappa shape index (κ3) is 4.34. The second-order valence-corrected chi connectivity index (χ2v) is 7.94. The predicted molar refractivity (Wildman–Crippen MR) is 116 cm³/mol. The molecule has 2 heterocycles. The summed E-state index contributed by atoms with van der Waals surface area (Å²) < 4.78 is 4.93. The number of aliphatic hydroxyl groups excluding tert-OH is 1. The number of aliphatic hydroxyl groups is 1. The number of amides is 2. The zero-order valence-corrected chi connectivity index (χ0v) is 17.5. The summed E-state index contributed by atoms with van der Waals surface area (Å²) >= 11 is 0. The standard InChI is InChI=1S/C25H26N2O4/c1-31-17-24(30)26-14-21-25(22(16-28)27(21)23(29)15-26)20-12-10-19(11-13-20)9-5-8-18-6-3-2-4-7-18/h2-4,6-7,10-13,21-22,25,28H,8,14-17H2,1H3/t21-,22-,25-/m0/s1. The van der Waals surface area contributed by atoms with Gasteiger partial charge in [-0.15, -0.1) is 0 Å². The van der Waals surface area contributed by atoms with Gasteiger partial charge >= 0.3 is 0 Å². The first kappa shape index (κ1) is 21.1. The van der Waals surface area contributed by atoms with Crippen LogP contribution in [0.3, 0.4) is 0 Å². The van der Waals surface area contributed by atoms with Crippen LogP contribution in [0.15, 0.2) is 54.6 Å². The summed E-state index contributed by atoms with van der Waals surface area (Å²) in [6.45, 7) is 0.355. The lowest BCUT2D eigenvalue weighted by Crippen LogP contribution is -2.73. The van der Waals surface area contributed by atoms with Crippen LogP contribution in [0.5, 0.6) is 0 Å². The first-order valence-electron chi connectivity index (χ1n) is 10.4. The van der Waals surface area contributed by atoms with Gasteiger partial charge in [0.25, 0.3) is 0 Å². The summed E-state index contributed by atoms with van der Waals surface area (Å²) in [5.74, 6) is 6.06. The van der Waals surface area contributed by atoms with Crippen LogP contribution in [0.1, 0.15) is 22.6 Å². The summed E-state index contributed by atoms with van der Waals surface area (Å²) in [5.41, 5.74) is 3.15. The summed E-state index contributed by atoms with van der Waals surface area (Å²) in [6.07, 6.45) is 0.697. The summed E-state index contributed by atoms with van der Waals surface area (Å²) in [4.78, 5) is 28.1. The fourth-order valence-corrected chi connectivity index (χ4v) is 4.54. The molecule has 6 nitrogen and oxygen atoms in total. The number of nitrogens with zero attached hydrogens (tertiary/aromatic N) is 2.